The Kier molecular flexibility index (Phi) is 4.11. The lowest BCUT2D eigenvalue weighted by Crippen LogP contribution is -2.40. The van der Waals surface area contributed by atoms with Crippen LogP contribution in [0.15, 0.2) is 30.3 Å². The van der Waals surface area contributed by atoms with Crippen LogP contribution >= 0.6 is 0 Å². The van der Waals surface area contributed by atoms with Crippen LogP contribution in [0.1, 0.15) is 25.7 Å². The molecule has 0 aliphatic heterocycles. The second-order valence-corrected chi connectivity index (χ2v) is 4.36. The number of para-hydroxylation sites is 1. The molecule has 0 amide bonds. The highest BCUT2D eigenvalue weighted by Crippen LogP contribution is 2.30. The molecule has 5 heteroatoms. The van der Waals surface area contributed by atoms with Gasteiger partial charge >= 0.3 is 6.36 Å². The van der Waals surface area contributed by atoms with E-state index in [0.717, 1.165) is 12.8 Å². The molecule has 0 N–H and O–H groups in total. The summed E-state index contributed by atoms with van der Waals surface area (Å²) >= 11 is 0. The zero-order valence-electron chi connectivity index (χ0n) is 9.82. The van der Waals surface area contributed by atoms with Crippen LogP contribution in [0.2, 0.25) is 0 Å². The van der Waals surface area contributed by atoms with Gasteiger partial charge in [0.25, 0.3) is 0 Å². The molecule has 0 saturated heterocycles. The lowest BCUT2D eigenvalue weighted by atomic mass is 9.94. The molecule has 1 fully saturated rings. The summed E-state index contributed by atoms with van der Waals surface area (Å²) in [6.07, 6.45) is -3.43. The summed E-state index contributed by atoms with van der Waals surface area (Å²) in [4.78, 5) is 0. The van der Waals surface area contributed by atoms with Gasteiger partial charge in [-0.2, -0.15) is 0 Å². The van der Waals surface area contributed by atoms with E-state index < -0.39 is 18.6 Å². The Morgan fingerprint density at radius 3 is 2.17 bits per heavy atom. The smallest absolute Gasteiger partial charge is 0.488 e. The van der Waals surface area contributed by atoms with Gasteiger partial charge in [0.05, 0.1) is 0 Å². The molecule has 0 radical (unpaired) electrons. The number of alkyl halides is 3. The minimum atomic E-state index is -4.60. The minimum Gasteiger partial charge on any atom is -0.488 e. The number of halogens is 3. The first-order valence-electron chi connectivity index (χ1n) is 6.01. The van der Waals surface area contributed by atoms with Gasteiger partial charge in [-0.05, 0) is 31.4 Å². The van der Waals surface area contributed by atoms with E-state index in [1.807, 2.05) is 6.07 Å². The summed E-state index contributed by atoms with van der Waals surface area (Å²) in [5.41, 5.74) is 0. The van der Waals surface area contributed by atoms with Gasteiger partial charge in [0, 0.05) is 0 Å². The van der Waals surface area contributed by atoms with E-state index in [4.69, 9.17) is 4.74 Å². The average Bonchev–Trinajstić information content (AvgIpc) is 2.31. The molecule has 2 rings (SSSR count). The number of hydrogen-bond acceptors (Lipinski definition) is 2. The molecule has 1 aliphatic carbocycles. The van der Waals surface area contributed by atoms with Crippen molar-refractivity contribution in [1.82, 2.24) is 0 Å². The highest BCUT2D eigenvalue weighted by molar-refractivity contribution is 5.21. The Balaban J connectivity index is 2.00. The molecule has 100 valence electrons. The van der Waals surface area contributed by atoms with Crippen LogP contribution in [0.3, 0.4) is 0 Å². The van der Waals surface area contributed by atoms with Crippen LogP contribution in [0, 0.1) is 0 Å². The number of rotatable bonds is 3. The van der Waals surface area contributed by atoms with Gasteiger partial charge in [0.2, 0.25) is 0 Å². The summed E-state index contributed by atoms with van der Waals surface area (Å²) in [5, 5.41) is 0. The molecule has 0 bridgehead atoms. The Morgan fingerprint density at radius 2 is 1.56 bits per heavy atom. The van der Waals surface area contributed by atoms with Gasteiger partial charge < -0.3 is 4.74 Å². The Bertz CT molecular complexity index is 364. The predicted molar refractivity (Wildman–Crippen MR) is 60.3 cm³/mol. The van der Waals surface area contributed by atoms with Crippen molar-refractivity contribution in [1.29, 1.82) is 0 Å². The van der Waals surface area contributed by atoms with Gasteiger partial charge in [-0.15, -0.1) is 13.2 Å². The molecule has 1 aromatic carbocycles. The zero-order valence-corrected chi connectivity index (χ0v) is 9.82. The van der Waals surface area contributed by atoms with Crippen molar-refractivity contribution in [3.8, 4) is 5.75 Å². The Morgan fingerprint density at radius 1 is 0.944 bits per heavy atom. The summed E-state index contributed by atoms with van der Waals surface area (Å²) in [5.74, 6) is 0.583. The molecule has 2 nitrogen and oxygen atoms in total. The standard InChI is InChI=1S/C13H15F3O2/c14-13(15,16)18-12-9-5-4-8-11(12)17-10-6-2-1-3-7-10/h1-3,6-7,11-12H,4-5,8-9H2. The van der Waals surface area contributed by atoms with Crippen LogP contribution in [0.4, 0.5) is 13.2 Å². The average molecular weight is 260 g/mol. The van der Waals surface area contributed by atoms with E-state index in [1.54, 1.807) is 24.3 Å². The predicted octanol–water partition coefficient (Wildman–Crippen LogP) is 3.91. The lowest BCUT2D eigenvalue weighted by Gasteiger charge is -2.32. The van der Waals surface area contributed by atoms with Crippen LogP contribution < -0.4 is 4.74 Å². The van der Waals surface area contributed by atoms with Crippen molar-refractivity contribution in [2.24, 2.45) is 0 Å². The molecule has 0 heterocycles. The van der Waals surface area contributed by atoms with Crippen molar-refractivity contribution >= 4 is 0 Å². The normalized spacial score (nSPS) is 24.8. The maximum atomic E-state index is 12.3. The molecule has 1 aromatic rings. The first-order valence-corrected chi connectivity index (χ1v) is 6.01. The van der Waals surface area contributed by atoms with Crippen LogP contribution in [-0.2, 0) is 4.74 Å². The molecule has 0 spiro atoms. The zero-order chi connectivity index (χ0) is 13.0. The van der Waals surface area contributed by atoms with E-state index in [-0.39, 0.29) is 0 Å². The molecule has 2 unspecified atom stereocenters. The van der Waals surface area contributed by atoms with Gasteiger partial charge in [0.15, 0.2) is 0 Å². The van der Waals surface area contributed by atoms with E-state index in [9.17, 15) is 13.2 Å². The third kappa shape index (κ3) is 3.91. The fourth-order valence-electron chi connectivity index (χ4n) is 2.18. The van der Waals surface area contributed by atoms with Gasteiger partial charge in [0.1, 0.15) is 18.0 Å². The number of ether oxygens (including phenoxy) is 2. The number of benzene rings is 1. The second-order valence-electron chi connectivity index (χ2n) is 4.36. The summed E-state index contributed by atoms with van der Waals surface area (Å²) in [7, 11) is 0. The van der Waals surface area contributed by atoms with Crippen molar-refractivity contribution in [3.63, 3.8) is 0 Å². The maximum absolute atomic E-state index is 12.3. The van der Waals surface area contributed by atoms with Crippen LogP contribution in [-0.4, -0.2) is 18.6 Å². The third-order valence-electron chi connectivity index (χ3n) is 2.96. The highest BCUT2D eigenvalue weighted by Gasteiger charge is 2.39. The molecule has 1 aliphatic rings. The molecular weight excluding hydrogens is 245 g/mol. The summed E-state index contributed by atoms with van der Waals surface area (Å²) < 4.78 is 46.6. The van der Waals surface area contributed by atoms with Gasteiger partial charge in [-0.25, -0.2) is 0 Å². The first kappa shape index (κ1) is 13.2. The molecular formula is C13H15F3O2. The van der Waals surface area contributed by atoms with E-state index in [0.29, 0.717) is 18.6 Å². The van der Waals surface area contributed by atoms with Gasteiger partial charge in [-0.1, -0.05) is 24.6 Å². The molecule has 0 aromatic heterocycles. The van der Waals surface area contributed by atoms with Crippen molar-refractivity contribution in [3.05, 3.63) is 30.3 Å². The molecule has 2 atom stereocenters. The van der Waals surface area contributed by atoms with Crippen LogP contribution in [0.5, 0.6) is 5.75 Å². The fourth-order valence-corrected chi connectivity index (χ4v) is 2.18. The van der Waals surface area contributed by atoms with E-state index in [2.05, 4.69) is 4.74 Å². The highest BCUT2D eigenvalue weighted by atomic mass is 19.4. The quantitative estimate of drug-likeness (QED) is 0.820. The summed E-state index contributed by atoms with van der Waals surface area (Å²) in [6, 6.07) is 8.88. The summed E-state index contributed by atoms with van der Waals surface area (Å²) in [6.45, 7) is 0. The Labute approximate surface area is 104 Å². The third-order valence-corrected chi connectivity index (χ3v) is 2.96. The second kappa shape index (κ2) is 5.61. The van der Waals surface area contributed by atoms with Crippen molar-refractivity contribution in [2.75, 3.05) is 0 Å². The lowest BCUT2D eigenvalue weighted by molar-refractivity contribution is -0.352. The number of hydrogen-bond donors (Lipinski definition) is 0. The van der Waals surface area contributed by atoms with Crippen molar-refractivity contribution < 1.29 is 22.6 Å². The Hall–Kier alpha value is -1.23. The monoisotopic (exact) mass is 260 g/mol. The molecule has 18 heavy (non-hydrogen) atoms. The van der Waals surface area contributed by atoms with E-state index >= 15 is 0 Å². The largest absolute Gasteiger partial charge is 0.522 e. The van der Waals surface area contributed by atoms with Crippen molar-refractivity contribution in [2.45, 2.75) is 44.3 Å². The van der Waals surface area contributed by atoms with E-state index in [1.165, 1.54) is 0 Å². The maximum Gasteiger partial charge on any atom is 0.522 e. The minimum absolute atomic E-state index is 0.386. The van der Waals surface area contributed by atoms with Crippen LogP contribution in [0.25, 0.3) is 0 Å². The molecule has 1 saturated carbocycles. The first-order chi connectivity index (χ1) is 8.54. The van der Waals surface area contributed by atoms with Gasteiger partial charge in [-0.3, -0.25) is 4.74 Å². The fraction of sp³-hybridized carbons (Fsp3) is 0.538. The topological polar surface area (TPSA) is 18.5 Å². The SMILES string of the molecule is FC(F)(F)OC1CCCCC1Oc1ccccc1.